The Morgan fingerprint density at radius 1 is 1.42 bits per heavy atom. The van der Waals surface area contributed by atoms with Crippen LogP contribution in [0.3, 0.4) is 0 Å². The van der Waals surface area contributed by atoms with Gasteiger partial charge in [0.25, 0.3) is 0 Å². The fourth-order valence-electron chi connectivity index (χ4n) is 2.36. The van der Waals surface area contributed by atoms with E-state index in [1.807, 2.05) is 13.8 Å². The van der Waals surface area contributed by atoms with E-state index in [9.17, 15) is 13.2 Å². The monoisotopic (exact) mass is 291 g/mol. The molecule has 0 aromatic carbocycles. The first-order valence-electron chi connectivity index (χ1n) is 7.01. The van der Waals surface area contributed by atoms with Gasteiger partial charge in [-0.2, -0.15) is 0 Å². The number of hydrogen-bond acceptors (Lipinski definition) is 3. The zero-order chi connectivity index (χ0) is 14.5. The molecule has 1 fully saturated rings. The molecule has 6 heteroatoms. The topological polar surface area (TPSA) is 74.7 Å². The van der Waals surface area contributed by atoms with Crippen molar-refractivity contribution in [3.8, 4) is 0 Å². The fraction of sp³-hybridized carbons (Fsp3) is 0.923. The molecule has 112 valence electrons. The van der Waals surface area contributed by atoms with Gasteiger partial charge >= 0.3 is 5.97 Å². The first-order chi connectivity index (χ1) is 8.81. The molecule has 19 heavy (non-hydrogen) atoms. The highest BCUT2D eigenvalue weighted by Crippen LogP contribution is 2.23. The maximum Gasteiger partial charge on any atom is 0.303 e. The van der Waals surface area contributed by atoms with Gasteiger partial charge in [-0.05, 0) is 37.5 Å². The van der Waals surface area contributed by atoms with Crippen molar-refractivity contribution in [2.24, 2.45) is 11.8 Å². The van der Waals surface area contributed by atoms with E-state index < -0.39 is 16.0 Å². The summed E-state index contributed by atoms with van der Waals surface area (Å²) in [6.45, 7) is 5.11. The third-order valence-electron chi connectivity index (χ3n) is 3.59. The molecule has 0 spiro atoms. The second-order valence-corrected chi connectivity index (χ2v) is 7.89. The summed E-state index contributed by atoms with van der Waals surface area (Å²) in [5.41, 5.74) is 0. The first kappa shape index (κ1) is 16.4. The van der Waals surface area contributed by atoms with E-state index >= 15 is 0 Å². The Labute approximate surface area is 116 Å². The Hall–Kier alpha value is -0.620. The van der Waals surface area contributed by atoms with Crippen LogP contribution in [-0.4, -0.2) is 42.6 Å². The van der Waals surface area contributed by atoms with Crippen molar-refractivity contribution in [2.75, 3.05) is 18.8 Å². The molecule has 0 bridgehead atoms. The van der Waals surface area contributed by atoms with Crippen LogP contribution in [0.1, 0.15) is 46.0 Å². The highest BCUT2D eigenvalue weighted by molar-refractivity contribution is 7.89. The summed E-state index contributed by atoms with van der Waals surface area (Å²) in [4.78, 5) is 10.6. The molecule has 0 saturated carbocycles. The molecule has 0 aromatic rings. The number of carboxylic acids is 1. The highest BCUT2D eigenvalue weighted by Gasteiger charge is 2.28. The molecular weight excluding hydrogens is 266 g/mol. The Morgan fingerprint density at radius 2 is 2.11 bits per heavy atom. The van der Waals surface area contributed by atoms with Crippen molar-refractivity contribution in [3.05, 3.63) is 0 Å². The Balaban J connectivity index is 2.51. The average molecular weight is 291 g/mol. The zero-order valence-electron chi connectivity index (χ0n) is 11.8. The third-order valence-corrected chi connectivity index (χ3v) is 5.46. The fourth-order valence-corrected chi connectivity index (χ4v) is 4.23. The van der Waals surface area contributed by atoms with Gasteiger partial charge < -0.3 is 5.11 Å². The van der Waals surface area contributed by atoms with Gasteiger partial charge in [0.15, 0.2) is 0 Å². The number of hydrogen-bond donors (Lipinski definition) is 1. The normalized spacial score (nSPS) is 21.7. The summed E-state index contributed by atoms with van der Waals surface area (Å²) < 4.78 is 25.9. The van der Waals surface area contributed by atoms with Crippen LogP contribution < -0.4 is 0 Å². The Kier molecular flexibility index (Phi) is 6.26. The van der Waals surface area contributed by atoms with Gasteiger partial charge in [0.1, 0.15) is 0 Å². The number of carbonyl (C=O) groups is 1. The molecule has 0 aromatic heterocycles. The van der Waals surface area contributed by atoms with Crippen LogP contribution >= 0.6 is 0 Å². The predicted octanol–water partition coefficient (Wildman–Crippen LogP) is 1.94. The zero-order valence-corrected chi connectivity index (χ0v) is 12.7. The van der Waals surface area contributed by atoms with Gasteiger partial charge in [-0.15, -0.1) is 0 Å². The van der Waals surface area contributed by atoms with Gasteiger partial charge in [-0.25, -0.2) is 12.7 Å². The minimum Gasteiger partial charge on any atom is -0.481 e. The molecule has 1 aliphatic heterocycles. The third kappa shape index (κ3) is 5.91. The molecule has 0 radical (unpaired) electrons. The number of rotatable bonds is 7. The van der Waals surface area contributed by atoms with E-state index in [0.717, 1.165) is 12.8 Å². The smallest absolute Gasteiger partial charge is 0.303 e. The minimum absolute atomic E-state index is 0.130. The lowest BCUT2D eigenvalue weighted by Gasteiger charge is -2.32. The van der Waals surface area contributed by atoms with Crippen molar-refractivity contribution in [2.45, 2.75) is 46.0 Å². The standard InChI is InChI=1S/C13H25NO4S/c1-11(2)7-9-19(17,18)14-8-3-4-12(10-14)5-6-13(15)16/h11-12H,3-10H2,1-2H3,(H,15,16). The average Bonchev–Trinajstić information content (AvgIpc) is 2.34. The number of sulfonamides is 1. The van der Waals surface area contributed by atoms with Gasteiger partial charge in [0.2, 0.25) is 10.0 Å². The lowest BCUT2D eigenvalue weighted by atomic mass is 9.95. The molecule has 1 aliphatic rings. The van der Waals surface area contributed by atoms with Gasteiger partial charge in [-0.3, -0.25) is 4.79 Å². The largest absolute Gasteiger partial charge is 0.481 e. The van der Waals surface area contributed by atoms with E-state index in [0.29, 0.717) is 31.8 Å². The molecule has 1 heterocycles. The van der Waals surface area contributed by atoms with Gasteiger partial charge in [0.05, 0.1) is 5.75 Å². The molecule has 1 saturated heterocycles. The molecular formula is C13H25NO4S. The van der Waals surface area contributed by atoms with E-state index in [1.54, 1.807) is 4.31 Å². The Morgan fingerprint density at radius 3 is 2.68 bits per heavy atom. The first-order valence-corrected chi connectivity index (χ1v) is 8.62. The van der Waals surface area contributed by atoms with E-state index in [2.05, 4.69) is 0 Å². The van der Waals surface area contributed by atoms with E-state index in [4.69, 9.17) is 5.11 Å². The van der Waals surface area contributed by atoms with Gasteiger partial charge in [-0.1, -0.05) is 13.8 Å². The van der Waals surface area contributed by atoms with Crippen molar-refractivity contribution >= 4 is 16.0 Å². The quantitative estimate of drug-likeness (QED) is 0.778. The van der Waals surface area contributed by atoms with Crippen LogP contribution in [0, 0.1) is 11.8 Å². The molecule has 0 aliphatic carbocycles. The summed E-state index contributed by atoms with van der Waals surface area (Å²) >= 11 is 0. The van der Waals surface area contributed by atoms with Crippen molar-refractivity contribution < 1.29 is 18.3 Å². The van der Waals surface area contributed by atoms with Crippen LogP contribution in [0.2, 0.25) is 0 Å². The molecule has 1 atom stereocenters. The van der Waals surface area contributed by atoms with Crippen molar-refractivity contribution in [1.29, 1.82) is 0 Å². The summed E-state index contributed by atoms with van der Waals surface area (Å²) in [5.74, 6) is -0.0307. The molecule has 0 amide bonds. The second kappa shape index (κ2) is 7.24. The van der Waals surface area contributed by atoms with Crippen LogP contribution in [0.25, 0.3) is 0 Å². The number of carboxylic acid groups (broad SMARTS) is 1. The number of piperidine rings is 1. The molecule has 1 N–H and O–H groups in total. The van der Waals surface area contributed by atoms with Gasteiger partial charge in [0, 0.05) is 19.5 Å². The molecule has 1 unspecified atom stereocenters. The molecule has 1 rings (SSSR count). The van der Waals surface area contributed by atoms with Crippen LogP contribution in [-0.2, 0) is 14.8 Å². The van der Waals surface area contributed by atoms with Crippen LogP contribution in [0.5, 0.6) is 0 Å². The minimum atomic E-state index is -3.16. The number of nitrogens with zero attached hydrogens (tertiary/aromatic N) is 1. The maximum atomic E-state index is 12.2. The second-order valence-electron chi connectivity index (χ2n) is 5.80. The van der Waals surface area contributed by atoms with Crippen molar-refractivity contribution in [3.63, 3.8) is 0 Å². The summed E-state index contributed by atoms with van der Waals surface area (Å²) in [6.07, 6.45) is 3.16. The summed E-state index contributed by atoms with van der Waals surface area (Å²) in [6, 6.07) is 0. The SMILES string of the molecule is CC(C)CCS(=O)(=O)N1CCCC(CCC(=O)O)C1. The predicted molar refractivity (Wildman–Crippen MR) is 74.4 cm³/mol. The highest BCUT2D eigenvalue weighted by atomic mass is 32.2. The lowest BCUT2D eigenvalue weighted by Crippen LogP contribution is -2.41. The van der Waals surface area contributed by atoms with Crippen LogP contribution in [0.4, 0.5) is 0 Å². The van der Waals surface area contributed by atoms with Crippen molar-refractivity contribution in [1.82, 2.24) is 4.31 Å². The molecule has 5 nitrogen and oxygen atoms in total. The number of aliphatic carboxylic acids is 1. The Bertz CT molecular complexity index is 391. The van der Waals surface area contributed by atoms with Crippen LogP contribution in [0.15, 0.2) is 0 Å². The van der Waals surface area contributed by atoms with E-state index in [-0.39, 0.29) is 18.1 Å². The van der Waals surface area contributed by atoms with E-state index in [1.165, 1.54) is 0 Å². The summed E-state index contributed by atoms with van der Waals surface area (Å²) in [7, 11) is -3.16. The maximum absolute atomic E-state index is 12.2. The lowest BCUT2D eigenvalue weighted by molar-refractivity contribution is -0.137. The summed E-state index contributed by atoms with van der Waals surface area (Å²) in [5, 5.41) is 8.68.